The average molecular weight is 305 g/mol. The van der Waals surface area contributed by atoms with Crippen LogP contribution in [0.5, 0.6) is 0 Å². The van der Waals surface area contributed by atoms with Crippen LogP contribution in [0.3, 0.4) is 0 Å². The van der Waals surface area contributed by atoms with E-state index in [4.69, 9.17) is 5.73 Å². The lowest BCUT2D eigenvalue weighted by atomic mass is 9.95. The van der Waals surface area contributed by atoms with Gasteiger partial charge in [-0.25, -0.2) is 8.78 Å². The van der Waals surface area contributed by atoms with Gasteiger partial charge in [0.05, 0.1) is 0 Å². The molecule has 0 radical (unpaired) electrons. The van der Waals surface area contributed by atoms with Crippen molar-refractivity contribution >= 4 is 0 Å². The van der Waals surface area contributed by atoms with E-state index in [1.165, 1.54) is 0 Å². The molecule has 2 rings (SSSR count). The molecule has 3 N–H and O–H groups in total. The first-order valence-corrected chi connectivity index (χ1v) is 7.39. The molecule has 0 aliphatic heterocycles. The molecule has 0 saturated carbocycles. The Morgan fingerprint density at radius 1 is 0.955 bits per heavy atom. The molecule has 0 bridgehead atoms. The second-order valence-electron chi connectivity index (χ2n) is 5.52. The number of aliphatic hydroxyl groups excluding tert-OH is 1. The van der Waals surface area contributed by atoms with Gasteiger partial charge in [-0.15, -0.1) is 0 Å². The summed E-state index contributed by atoms with van der Waals surface area (Å²) in [5, 5.41) is 9.83. The van der Waals surface area contributed by atoms with Crippen LogP contribution in [0.1, 0.15) is 30.0 Å². The fraction of sp³-hybridized carbons (Fsp3) is 0.333. The topological polar surface area (TPSA) is 46.2 Å². The van der Waals surface area contributed by atoms with E-state index in [0.29, 0.717) is 12.0 Å². The van der Waals surface area contributed by atoms with Gasteiger partial charge in [-0.1, -0.05) is 60.7 Å². The molecular weight excluding hydrogens is 284 g/mol. The Morgan fingerprint density at radius 2 is 1.50 bits per heavy atom. The van der Waals surface area contributed by atoms with Gasteiger partial charge < -0.3 is 10.8 Å². The molecule has 0 aliphatic rings. The summed E-state index contributed by atoms with van der Waals surface area (Å²) in [6, 6.07) is 17.3. The van der Waals surface area contributed by atoms with Crippen molar-refractivity contribution in [3.63, 3.8) is 0 Å². The van der Waals surface area contributed by atoms with Crippen LogP contribution in [0.25, 0.3) is 0 Å². The number of nitrogens with two attached hydrogens (primary N) is 1. The predicted molar refractivity (Wildman–Crippen MR) is 83.7 cm³/mol. The van der Waals surface area contributed by atoms with Gasteiger partial charge in [0.25, 0.3) is 5.92 Å². The maximum atomic E-state index is 14.1. The van der Waals surface area contributed by atoms with Crippen molar-refractivity contribution in [1.82, 2.24) is 0 Å². The van der Waals surface area contributed by atoms with Crippen LogP contribution in [0.4, 0.5) is 8.78 Å². The van der Waals surface area contributed by atoms with Crippen molar-refractivity contribution in [3.05, 3.63) is 71.8 Å². The molecule has 2 atom stereocenters. The Bertz CT molecular complexity index is 560. The summed E-state index contributed by atoms with van der Waals surface area (Å²) in [5.41, 5.74) is 7.42. The van der Waals surface area contributed by atoms with E-state index in [1.54, 1.807) is 24.3 Å². The van der Waals surface area contributed by atoms with Crippen LogP contribution in [0, 0.1) is 0 Å². The lowest BCUT2D eigenvalue weighted by Gasteiger charge is -2.25. The average Bonchev–Trinajstić information content (AvgIpc) is 2.54. The number of halogens is 2. The summed E-state index contributed by atoms with van der Waals surface area (Å²) < 4.78 is 28.3. The number of aliphatic hydroxyl groups is 1. The Kier molecular flexibility index (Phi) is 5.63. The number of benzene rings is 2. The molecule has 4 heteroatoms. The zero-order valence-corrected chi connectivity index (χ0v) is 12.3. The van der Waals surface area contributed by atoms with Gasteiger partial charge in [0, 0.05) is 12.5 Å². The van der Waals surface area contributed by atoms with Crippen LogP contribution >= 0.6 is 0 Å². The van der Waals surface area contributed by atoms with E-state index in [1.807, 2.05) is 36.4 Å². The summed E-state index contributed by atoms with van der Waals surface area (Å²) in [5.74, 6) is -3.20. The standard InChI is InChI=1S/C18H21F2NO/c19-18(20,13-16(21)15-9-5-2-6-10-15)17(22)12-11-14-7-3-1-4-8-14/h1-10,16-17,22H,11-13,21H2. The second-order valence-corrected chi connectivity index (χ2v) is 5.52. The van der Waals surface area contributed by atoms with Crippen molar-refractivity contribution in [1.29, 1.82) is 0 Å². The number of hydrogen-bond acceptors (Lipinski definition) is 2. The van der Waals surface area contributed by atoms with Gasteiger partial charge in [-0.3, -0.25) is 0 Å². The minimum absolute atomic E-state index is 0.0124. The van der Waals surface area contributed by atoms with Gasteiger partial charge in [-0.05, 0) is 24.0 Å². The van der Waals surface area contributed by atoms with Crippen molar-refractivity contribution in [2.45, 2.75) is 37.3 Å². The minimum Gasteiger partial charge on any atom is -0.387 e. The first kappa shape index (κ1) is 16.6. The summed E-state index contributed by atoms with van der Waals surface area (Å²) >= 11 is 0. The van der Waals surface area contributed by atoms with Crippen LogP contribution in [-0.2, 0) is 6.42 Å². The Morgan fingerprint density at radius 3 is 2.09 bits per heavy atom. The maximum absolute atomic E-state index is 14.1. The number of aryl methyl sites for hydroxylation is 1. The van der Waals surface area contributed by atoms with Gasteiger partial charge in [0.1, 0.15) is 6.10 Å². The number of rotatable bonds is 7. The molecule has 0 spiro atoms. The number of hydrogen-bond donors (Lipinski definition) is 2. The Hall–Kier alpha value is -1.78. The lowest BCUT2D eigenvalue weighted by Crippen LogP contribution is -2.37. The zero-order valence-electron chi connectivity index (χ0n) is 12.3. The third-order valence-electron chi connectivity index (χ3n) is 3.76. The van der Waals surface area contributed by atoms with Crippen molar-refractivity contribution in [3.8, 4) is 0 Å². The van der Waals surface area contributed by atoms with Crippen LogP contribution in [0.15, 0.2) is 60.7 Å². The maximum Gasteiger partial charge on any atom is 0.275 e. The van der Waals surface area contributed by atoms with Crippen LogP contribution in [0.2, 0.25) is 0 Å². The normalized spacial score (nSPS) is 14.5. The largest absolute Gasteiger partial charge is 0.387 e. The van der Waals surface area contributed by atoms with Crippen molar-refractivity contribution < 1.29 is 13.9 Å². The number of alkyl halides is 2. The van der Waals surface area contributed by atoms with E-state index in [2.05, 4.69) is 0 Å². The van der Waals surface area contributed by atoms with E-state index < -0.39 is 24.5 Å². The first-order chi connectivity index (χ1) is 10.5. The quantitative estimate of drug-likeness (QED) is 0.819. The molecule has 2 aromatic rings. The molecular formula is C18H21F2NO. The Labute approximate surface area is 129 Å². The predicted octanol–water partition coefficient (Wildman–Crippen LogP) is 3.71. The van der Waals surface area contributed by atoms with Gasteiger partial charge in [-0.2, -0.15) is 0 Å². The van der Waals surface area contributed by atoms with E-state index in [0.717, 1.165) is 5.56 Å². The highest BCUT2D eigenvalue weighted by molar-refractivity contribution is 5.19. The molecule has 2 nitrogen and oxygen atoms in total. The van der Waals surface area contributed by atoms with Crippen molar-refractivity contribution in [2.24, 2.45) is 5.73 Å². The molecule has 22 heavy (non-hydrogen) atoms. The Balaban J connectivity index is 1.91. The zero-order chi connectivity index (χ0) is 16.0. The molecule has 0 saturated heterocycles. The third kappa shape index (κ3) is 4.61. The smallest absolute Gasteiger partial charge is 0.275 e. The van der Waals surface area contributed by atoms with E-state index in [9.17, 15) is 13.9 Å². The SMILES string of the molecule is NC(CC(F)(F)C(O)CCc1ccccc1)c1ccccc1. The molecule has 0 aromatic heterocycles. The molecule has 2 aromatic carbocycles. The van der Waals surface area contributed by atoms with Crippen LogP contribution in [-0.4, -0.2) is 17.1 Å². The van der Waals surface area contributed by atoms with E-state index in [-0.39, 0.29) is 6.42 Å². The summed E-state index contributed by atoms with van der Waals surface area (Å²) in [7, 11) is 0. The summed E-state index contributed by atoms with van der Waals surface area (Å²) in [6.45, 7) is 0. The second kappa shape index (κ2) is 7.47. The third-order valence-corrected chi connectivity index (χ3v) is 3.76. The molecule has 2 unspecified atom stereocenters. The highest BCUT2D eigenvalue weighted by Crippen LogP contribution is 2.31. The summed E-state index contributed by atoms with van der Waals surface area (Å²) in [6.07, 6.45) is -1.83. The monoisotopic (exact) mass is 305 g/mol. The molecule has 118 valence electrons. The van der Waals surface area contributed by atoms with Gasteiger partial charge in [0.15, 0.2) is 0 Å². The lowest BCUT2D eigenvalue weighted by molar-refractivity contribution is -0.119. The molecule has 0 fully saturated rings. The summed E-state index contributed by atoms with van der Waals surface area (Å²) in [4.78, 5) is 0. The highest BCUT2D eigenvalue weighted by Gasteiger charge is 2.39. The van der Waals surface area contributed by atoms with Crippen molar-refractivity contribution in [2.75, 3.05) is 0 Å². The van der Waals surface area contributed by atoms with E-state index >= 15 is 0 Å². The van der Waals surface area contributed by atoms with Gasteiger partial charge in [0.2, 0.25) is 0 Å². The van der Waals surface area contributed by atoms with Gasteiger partial charge >= 0.3 is 0 Å². The first-order valence-electron chi connectivity index (χ1n) is 7.39. The highest BCUT2D eigenvalue weighted by atomic mass is 19.3. The minimum atomic E-state index is -3.20. The molecule has 0 aliphatic carbocycles. The fourth-order valence-electron chi connectivity index (χ4n) is 2.41. The van der Waals surface area contributed by atoms with Crippen LogP contribution < -0.4 is 5.73 Å². The fourth-order valence-corrected chi connectivity index (χ4v) is 2.41. The molecule has 0 heterocycles. The molecule has 0 amide bonds.